The van der Waals surface area contributed by atoms with Gasteiger partial charge in [-0.05, 0) is 11.6 Å². The van der Waals surface area contributed by atoms with Crippen LogP contribution in [0.15, 0.2) is 36.4 Å². The normalized spacial score (nSPS) is 12.4. The molecule has 16 heavy (non-hydrogen) atoms. The van der Waals surface area contributed by atoms with E-state index >= 15 is 0 Å². The number of hydrogen-bond donors (Lipinski definition) is 1. The average molecular weight is 220 g/mol. The lowest BCUT2D eigenvalue weighted by atomic mass is 10.2. The molecule has 4 heteroatoms. The SMILES string of the molecule is CC(=O)C(O)OC(=O)/C=C/c1ccccc1. The first-order chi connectivity index (χ1) is 7.59. The van der Waals surface area contributed by atoms with E-state index in [-0.39, 0.29) is 0 Å². The lowest BCUT2D eigenvalue weighted by Gasteiger charge is -2.05. The predicted molar refractivity (Wildman–Crippen MR) is 58.3 cm³/mol. The number of aliphatic hydroxyl groups is 1. The van der Waals surface area contributed by atoms with Crippen LogP contribution in [0.5, 0.6) is 0 Å². The largest absolute Gasteiger partial charge is 0.425 e. The van der Waals surface area contributed by atoms with Crippen molar-refractivity contribution in [2.75, 3.05) is 0 Å². The molecular formula is C12H12O4. The Morgan fingerprint density at radius 3 is 2.50 bits per heavy atom. The maximum atomic E-state index is 11.1. The van der Waals surface area contributed by atoms with Crippen LogP contribution in [0.2, 0.25) is 0 Å². The summed E-state index contributed by atoms with van der Waals surface area (Å²) in [4.78, 5) is 21.7. The van der Waals surface area contributed by atoms with Crippen LogP contribution in [0.1, 0.15) is 12.5 Å². The van der Waals surface area contributed by atoms with Gasteiger partial charge in [-0.1, -0.05) is 30.3 Å². The van der Waals surface area contributed by atoms with E-state index in [2.05, 4.69) is 4.74 Å². The van der Waals surface area contributed by atoms with Crippen LogP contribution in [0.4, 0.5) is 0 Å². The number of aliphatic hydroxyl groups excluding tert-OH is 1. The van der Waals surface area contributed by atoms with E-state index in [0.717, 1.165) is 18.6 Å². The predicted octanol–water partition coefficient (Wildman–Crippen LogP) is 1.15. The van der Waals surface area contributed by atoms with Crippen molar-refractivity contribution in [3.63, 3.8) is 0 Å². The molecule has 0 radical (unpaired) electrons. The van der Waals surface area contributed by atoms with Crippen molar-refractivity contribution in [1.82, 2.24) is 0 Å². The topological polar surface area (TPSA) is 63.6 Å². The molecule has 0 fully saturated rings. The van der Waals surface area contributed by atoms with Gasteiger partial charge in [0.1, 0.15) is 0 Å². The van der Waals surface area contributed by atoms with E-state index in [1.165, 1.54) is 6.08 Å². The molecule has 0 aliphatic carbocycles. The molecule has 1 atom stereocenters. The van der Waals surface area contributed by atoms with E-state index in [4.69, 9.17) is 5.11 Å². The molecule has 0 bridgehead atoms. The molecule has 0 amide bonds. The molecular weight excluding hydrogens is 208 g/mol. The molecule has 1 N–H and O–H groups in total. The summed E-state index contributed by atoms with van der Waals surface area (Å²) >= 11 is 0. The molecule has 0 aliphatic rings. The number of ether oxygens (including phenoxy) is 1. The Morgan fingerprint density at radius 2 is 1.94 bits per heavy atom. The van der Waals surface area contributed by atoms with Gasteiger partial charge < -0.3 is 9.84 Å². The van der Waals surface area contributed by atoms with Crippen LogP contribution in [0.3, 0.4) is 0 Å². The standard InChI is InChI=1S/C12H12O4/c1-9(13)12(15)16-11(14)8-7-10-5-3-2-4-6-10/h2-8,12,15H,1H3/b8-7+. The highest BCUT2D eigenvalue weighted by atomic mass is 16.6. The van der Waals surface area contributed by atoms with Gasteiger partial charge in [0.05, 0.1) is 0 Å². The summed E-state index contributed by atoms with van der Waals surface area (Å²) in [5, 5.41) is 8.97. The zero-order valence-electron chi connectivity index (χ0n) is 8.79. The van der Waals surface area contributed by atoms with Gasteiger partial charge in [-0.25, -0.2) is 4.79 Å². The number of carbonyl (C=O) groups is 2. The number of Topliss-reactive ketones (excluding diaryl/α,β-unsaturated/α-hetero) is 1. The van der Waals surface area contributed by atoms with Crippen molar-refractivity contribution in [1.29, 1.82) is 0 Å². The molecule has 1 unspecified atom stereocenters. The molecule has 0 saturated heterocycles. The highest BCUT2D eigenvalue weighted by Gasteiger charge is 2.12. The fraction of sp³-hybridized carbons (Fsp3) is 0.167. The third-order valence-corrected chi connectivity index (χ3v) is 1.79. The van der Waals surface area contributed by atoms with Gasteiger partial charge in [0.2, 0.25) is 0 Å². The van der Waals surface area contributed by atoms with Crippen LogP contribution in [-0.2, 0) is 14.3 Å². The van der Waals surface area contributed by atoms with Gasteiger partial charge in [-0.3, -0.25) is 4.79 Å². The number of benzene rings is 1. The molecule has 0 aliphatic heterocycles. The summed E-state index contributed by atoms with van der Waals surface area (Å²) in [6, 6.07) is 9.14. The molecule has 1 aromatic carbocycles. The fourth-order valence-electron chi connectivity index (χ4n) is 0.961. The van der Waals surface area contributed by atoms with Gasteiger partial charge in [-0.2, -0.15) is 0 Å². The summed E-state index contributed by atoms with van der Waals surface area (Å²) in [5.74, 6) is -1.37. The Labute approximate surface area is 93.2 Å². The fourth-order valence-corrected chi connectivity index (χ4v) is 0.961. The Bertz CT molecular complexity index is 395. The first kappa shape index (κ1) is 12.1. The van der Waals surface area contributed by atoms with E-state index < -0.39 is 18.0 Å². The van der Waals surface area contributed by atoms with E-state index in [1.807, 2.05) is 30.3 Å². The van der Waals surface area contributed by atoms with Gasteiger partial charge >= 0.3 is 5.97 Å². The number of esters is 1. The van der Waals surface area contributed by atoms with Crippen LogP contribution >= 0.6 is 0 Å². The van der Waals surface area contributed by atoms with Crippen molar-refractivity contribution in [2.24, 2.45) is 0 Å². The van der Waals surface area contributed by atoms with Gasteiger partial charge in [-0.15, -0.1) is 0 Å². The molecule has 0 aromatic heterocycles. The summed E-state index contributed by atoms with van der Waals surface area (Å²) in [7, 11) is 0. The van der Waals surface area contributed by atoms with Crippen LogP contribution in [-0.4, -0.2) is 23.1 Å². The second kappa shape index (κ2) is 5.82. The summed E-state index contributed by atoms with van der Waals surface area (Å²) in [6.45, 7) is 1.14. The lowest BCUT2D eigenvalue weighted by molar-refractivity contribution is -0.169. The van der Waals surface area contributed by atoms with E-state index in [1.54, 1.807) is 0 Å². The third kappa shape index (κ3) is 4.06. The molecule has 1 aromatic rings. The smallest absolute Gasteiger partial charge is 0.333 e. The van der Waals surface area contributed by atoms with E-state index in [9.17, 15) is 9.59 Å². The quantitative estimate of drug-likeness (QED) is 0.469. The van der Waals surface area contributed by atoms with Crippen LogP contribution in [0.25, 0.3) is 6.08 Å². The number of ketones is 1. The first-order valence-corrected chi connectivity index (χ1v) is 4.72. The Hall–Kier alpha value is -1.94. The second-order valence-electron chi connectivity index (χ2n) is 3.14. The van der Waals surface area contributed by atoms with Gasteiger partial charge in [0, 0.05) is 13.0 Å². The monoisotopic (exact) mass is 220 g/mol. The highest BCUT2D eigenvalue weighted by Crippen LogP contribution is 2.01. The van der Waals surface area contributed by atoms with Crippen LogP contribution in [0, 0.1) is 0 Å². The van der Waals surface area contributed by atoms with Gasteiger partial charge in [0.15, 0.2) is 5.78 Å². The minimum Gasteiger partial charge on any atom is -0.425 e. The molecule has 0 saturated carbocycles. The summed E-state index contributed by atoms with van der Waals surface area (Å²) in [5.41, 5.74) is 0.830. The number of hydrogen-bond acceptors (Lipinski definition) is 4. The minimum absolute atomic E-state index is 0.610. The summed E-state index contributed by atoms with van der Waals surface area (Å²) < 4.78 is 4.41. The lowest BCUT2D eigenvalue weighted by Crippen LogP contribution is -2.23. The highest BCUT2D eigenvalue weighted by molar-refractivity contribution is 5.89. The molecule has 84 valence electrons. The minimum atomic E-state index is -1.69. The Morgan fingerprint density at radius 1 is 1.31 bits per heavy atom. The van der Waals surface area contributed by atoms with Crippen molar-refractivity contribution in [3.05, 3.63) is 42.0 Å². The summed E-state index contributed by atoms with van der Waals surface area (Å²) in [6.07, 6.45) is 1.00. The molecule has 0 spiro atoms. The van der Waals surface area contributed by atoms with Crippen molar-refractivity contribution < 1.29 is 19.4 Å². The van der Waals surface area contributed by atoms with E-state index in [0.29, 0.717) is 0 Å². The van der Waals surface area contributed by atoms with Crippen molar-refractivity contribution in [2.45, 2.75) is 13.2 Å². The zero-order valence-corrected chi connectivity index (χ0v) is 8.79. The average Bonchev–Trinajstić information content (AvgIpc) is 2.27. The second-order valence-corrected chi connectivity index (χ2v) is 3.14. The molecule has 1 rings (SSSR count). The first-order valence-electron chi connectivity index (χ1n) is 4.72. The maximum Gasteiger partial charge on any atom is 0.333 e. The van der Waals surface area contributed by atoms with Gasteiger partial charge in [0.25, 0.3) is 6.29 Å². The molecule has 0 heterocycles. The van der Waals surface area contributed by atoms with Crippen molar-refractivity contribution >= 4 is 17.8 Å². The van der Waals surface area contributed by atoms with Crippen molar-refractivity contribution in [3.8, 4) is 0 Å². The Balaban J connectivity index is 2.52. The Kier molecular flexibility index (Phi) is 4.42. The number of rotatable bonds is 4. The zero-order chi connectivity index (χ0) is 12.0. The van der Waals surface area contributed by atoms with Crippen LogP contribution < -0.4 is 0 Å². The number of carbonyl (C=O) groups excluding carboxylic acids is 2. The maximum absolute atomic E-state index is 11.1. The third-order valence-electron chi connectivity index (χ3n) is 1.79. The molecule has 4 nitrogen and oxygen atoms in total.